The average molecular weight is 249 g/mol. The predicted molar refractivity (Wildman–Crippen MR) is 67.3 cm³/mol. The van der Waals surface area contributed by atoms with Crippen LogP contribution in [-0.4, -0.2) is 23.4 Å². The lowest BCUT2D eigenvalue weighted by Crippen LogP contribution is -2.24. The number of nitro groups is 1. The number of hydrogen-bond donors (Lipinski definition) is 2. The highest BCUT2D eigenvalue weighted by atomic mass is 16.6. The molecule has 2 N–H and O–H groups in total. The van der Waals surface area contributed by atoms with E-state index in [1.807, 2.05) is 6.92 Å². The van der Waals surface area contributed by atoms with Crippen molar-refractivity contribution in [3.8, 4) is 0 Å². The molecule has 0 aromatic heterocycles. The summed E-state index contributed by atoms with van der Waals surface area (Å²) in [5, 5.41) is 16.5. The minimum absolute atomic E-state index is 0.0177. The SMILES string of the molecule is C[C@@H]1C[C@@H](C(=O)Nc2ccc([N+](=O)[O-])cc2)CN1. The van der Waals surface area contributed by atoms with Gasteiger partial charge in [-0.2, -0.15) is 0 Å². The number of carbonyl (C=O) groups is 1. The first-order valence-electron chi connectivity index (χ1n) is 5.85. The fourth-order valence-electron chi connectivity index (χ4n) is 2.05. The van der Waals surface area contributed by atoms with Crippen LogP contribution in [0.25, 0.3) is 0 Å². The van der Waals surface area contributed by atoms with Gasteiger partial charge in [-0.15, -0.1) is 0 Å². The number of nitrogens with zero attached hydrogens (tertiary/aromatic N) is 1. The largest absolute Gasteiger partial charge is 0.326 e. The minimum Gasteiger partial charge on any atom is -0.326 e. The van der Waals surface area contributed by atoms with Crippen molar-refractivity contribution in [2.75, 3.05) is 11.9 Å². The molecule has 1 aromatic carbocycles. The first-order chi connectivity index (χ1) is 8.56. The number of anilines is 1. The van der Waals surface area contributed by atoms with Crippen molar-refractivity contribution in [1.29, 1.82) is 0 Å². The number of benzene rings is 1. The van der Waals surface area contributed by atoms with Gasteiger partial charge in [-0.25, -0.2) is 0 Å². The van der Waals surface area contributed by atoms with Gasteiger partial charge in [0.25, 0.3) is 5.69 Å². The van der Waals surface area contributed by atoms with Gasteiger partial charge in [0.2, 0.25) is 5.91 Å². The van der Waals surface area contributed by atoms with Gasteiger partial charge in [-0.3, -0.25) is 14.9 Å². The summed E-state index contributed by atoms with van der Waals surface area (Å²) in [6.45, 7) is 2.72. The lowest BCUT2D eigenvalue weighted by Gasteiger charge is -2.09. The molecule has 2 atom stereocenters. The van der Waals surface area contributed by atoms with Gasteiger partial charge in [0.15, 0.2) is 0 Å². The van der Waals surface area contributed by atoms with E-state index in [9.17, 15) is 14.9 Å². The highest BCUT2D eigenvalue weighted by Crippen LogP contribution is 2.19. The van der Waals surface area contributed by atoms with Gasteiger partial charge >= 0.3 is 0 Å². The molecule has 0 saturated carbocycles. The van der Waals surface area contributed by atoms with Crippen LogP contribution in [0.3, 0.4) is 0 Å². The van der Waals surface area contributed by atoms with Gasteiger partial charge in [-0.05, 0) is 25.5 Å². The monoisotopic (exact) mass is 249 g/mol. The Morgan fingerprint density at radius 1 is 1.44 bits per heavy atom. The Morgan fingerprint density at radius 2 is 2.11 bits per heavy atom. The van der Waals surface area contributed by atoms with Crippen LogP contribution in [0.15, 0.2) is 24.3 Å². The molecule has 0 bridgehead atoms. The third-order valence-corrected chi connectivity index (χ3v) is 3.07. The Bertz CT molecular complexity index is 458. The Hall–Kier alpha value is -1.95. The predicted octanol–water partition coefficient (Wildman–Crippen LogP) is 1.53. The summed E-state index contributed by atoms with van der Waals surface area (Å²) in [6, 6.07) is 6.21. The third kappa shape index (κ3) is 2.84. The van der Waals surface area contributed by atoms with E-state index in [0.717, 1.165) is 6.42 Å². The highest BCUT2D eigenvalue weighted by molar-refractivity contribution is 5.93. The van der Waals surface area contributed by atoms with E-state index >= 15 is 0 Å². The van der Waals surface area contributed by atoms with Crippen LogP contribution in [0.4, 0.5) is 11.4 Å². The summed E-state index contributed by atoms with van der Waals surface area (Å²) in [7, 11) is 0. The number of rotatable bonds is 3. The first kappa shape index (κ1) is 12.5. The molecule has 1 aliphatic heterocycles. The summed E-state index contributed by atoms with van der Waals surface area (Å²) in [6.07, 6.45) is 0.818. The fourth-order valence-corrected chi connectivity index (χ4v) is 2.05. The maximum atomic E-state index is 11.9. The summed E-state index contributed by atoms with van der Waals surface area (Å²) >= 11 is 0. The van der Waals surface area contributed by atoms with Gasteiger partial charge in [0.05, 0.1) is 10.8 Å². The van der Waals surface area contributed by atoms with Crippen LogP contribution >= 0.6 is 0 Å². The van der Waals surface area contributed by atoms with E-state index < -0.39 is 4.92 Å². The van der Waals surface area contributed by atoms with Gasteiger partial charge in [0, 0.05) is 30.4 Å². The lowest BCUT2D eigenvalue weighted by molar-refractivity contribution is -0.384. The molecule has 0 aliphatic carbocycles. The van der Waals surface area contributed by atoms with E-state index in [0.29, 0.717) is 18.3 Å². The molecule has 6 nitrogen and oxygen atoms in total. The molecule has 1 heterocycles. The standard InChI is InChI=1S/C12H15N3O3/c1-8-6-9(7-13-8)12(16)14-10-2-4-11(5-3-10)15(17)18/h2-5,8-9,13H,6-7H2,1H3,(H,14,16)/t8-,9-/m1/s1. The smallest absolute Gasteiger partial charge is 0.269 e. The Balaban J connectivity index is 1.97. The average Bonchev–Trinajstić information content (AvgIpc) is 2.76. The van der Waals surface area contributed by atoms with Gasteiger partial charge in [0.1, 0.15) is 0 Å². The van der Waals surface area contributed by atoms with Crippen LogP contribution in [-0.2, 0) is 4.79 Å². The number of amides is 1. The molecular formula is C12H15N3O3. The van der Waals surface area contributed by atoms with E-state index in [2.05, 4.69) is 10.6 Å². The number of hydrogen-bond acceptors (Lipinski definition) is 4. The summed E-state index contributed by atoms with van der Waals surface area (Å²) in [5.41, 5.74) is 0.606. The Kier molecular flexibility index (Phi) is 3.57. The molecule has 0 spiro atoms. The van der Waals surface area contributed by atoms with Crippen molar-refractivity contribution in [2.24, 2.45) is 5.92 Å². The quantitative estimate of drug-likeness (QED) is 0.628. The molecule has 18 heavy (non-hydrogen) atoms. The Morgan fingerprint density at radius 3 is 2.61 bits per heavy atom. The zero-order chi connectivity index (χ0) is 13.1. The number of non-ortho nitro benzene ring substituents is 1. The number of carbonyl (C=O) groups excluding carboxylic acids is 1. The molecule has 96 valence electrons. The van der Waals surface area contributed by atoms with Crippen molar-refractivity contribution < 1.29 is 9.72 Å². The topological polar surface area (TPSA) is 84.3 Å². The highest BCUT2D eigenvalue weighted by Gasteiger charge is 2.26. The molecule has 1 fully saturated rings. The molecule has 1 amide bonds. The number of nitrogens with one attached hydrogen (secondary N) is 2. The van der Waals surface area contributed by atoms with Crippen molar-refractivity contribution in [3.63, 3.8) is 0 Å². The van der Waals surface area contributed by atoms with E-state index in [4.69, 9.17) is 0 Å². The van der Waals surface area contributed by atoms with Crippen LogP contribution in [0.5, 0.6) is 0 Å². The van der Waals surface area contributed by atoms with Crippen LogP contribution in [0, 0.1) is 16.0 Å². The normalized spacial score (nSPS) is 22.7. The summed E-state index contributed by atoms with van der Waals surface area (Å²) in [5.74, 6) is -0.0732. The Labute approximate surface area is 105 Å². The van der Waals surface area contributed by atoms with Crippen molar-refractivity contribution in [1.82, 2.24) is 5.32 Å². The second-order valence-corrected chi connectivity index (χ2v) is 4.54. The molecule has 1 saturated heterocycles. The van der Waals surface area contributed by atoms with Crippen molar-refractivity contribution in [3.05, 3.63) is 34.4 Å². The molecular weight excluding hydrogens is 234 g/mol. The minimum atomic E-state index is -0.464. The summed E-state index contributed by atoms with van der Waals surface area (Å²) < 4.78 is 0. The molecule has 1 aromatic rings. The summed E-state index contributed by atoms with van der Waals surface area (Å²) in [4.78, 5) is 21.9. The molecule has 6 heteroatoms. The molecule has 0 unspecified atom stereocenters. The van der Waals surface area contributed by atoms with Gasteiger partial charge < -0.3 is 10.6 Å². The van der Waals surface area contributed by atoms with Crippen LogP contribution < -0.4 is 10.6 Å². The van der Waals surface area contributed by atoms with Crippen LogP contribution in [0.1, 0.15) is 13.3 Å². The van der Waals surface area contributed by atoms with Crippen molar-refractivity contribution in [2.45, 2.75) is 19.4 Å². The lowest BCUT2D eigenvalue weighted by atomic mass is 10.1. The maximum absolute atomic E-state index is 11.9. The van der Waals surface area contributed by atoms with Crippen LogP contribution in [0.2, 0.25) is 0 Å². The fraction of sp³-hybridized carbons (Fsp3) is 0.417. The van der Waals surface area contributed by atoms with E-state index in [-0.39, 0.29) is 17.5 Å². The molecule has 0 radical (unpaired) electrons. The zero-order valence-electron chi connectivity index (χ0n) is 10.1. The van der Waals surface area contributed by atoms with Crippen molar-refractivity contribution >= 4 is 17.3 Å². The third-order valence-electron chi connectivity index (χ3n) is 3.07. The second-order valence-electron chi connectivity index (χ2n) is 4.54. The molecule has 2 rings (SSSR count). The second kappa shape index (κ2) is 5.14. The maximum Gasteiger partial charge on any atom is 0.269 e. The van der Waals surface area contributed by atoms with E-state index in [1.54, 1.807) is 12.1 Å². The van der Waals surface area contributed by atoms with E-state index in [1.165, 1.54) is 12.1 Å². The zero-order valence-corrected chi connectivity index (χ0v) is 10.1. The first-order valence-corrected chi connectivity index (χ1v) is 5.85. The number of nitro benzene ring substituents is 1. The van der Waals surface area contributed by atoms with Gasteiger partial charge in [-0.1, -0.05) is 0 Å². The molecule has 1 aliphatic rings.